The third-order valence-electron chi connectivity index (χ3n) is 1.92. The van der Waals surface area contributed by atoms with E-state index in [9.17, 15) is 0 Å². The highest BCUT2D eigenvalue weighted by Gasteiger charge is 2.18. The van der Waals surface area contributed by atoms with Crippen molar-refractivity contribution in [1.29, 1.82) is 0 Å². The highest BCUT2D eigenvalue weighted by molar-refractivity contribution is 7.71. The van der Waals surface area contributed by atoms with E-state index in [-0.39, 0.29) is 7.92 Å². The van der Waals surface area contributed by atoms with Crippen LogP contribution >= 0.6 is 7.92 Å². The van der Waals surface area contributed by atoms with E-state index in [1.165, 1.54) is 11.7 Å². The number of hydrogen-bond acceptors (Lipinski definition) is 0. The monoisotopic (exact) mass is 162 g/mol. The summed E-state index contributed by atoms with van der Waals surface area (Å²) in [5.41, 5.74) is 1.48. The van der Waals surface area contributed by atoms with Crippen molar-refractivity contribution in [2.45, 2.75) is 13.1 Å². The molecule has 1 heterocycles. The molecular formula is C10H11P. The maximum Gasteiger partial charge on any atom is -0.000107 e. The SMILES string of the molecule is CC1=CP1Cc1ccccc1. The average Bonchev–Trinajstić information content (AvgIpc) is 2.69. The lowest BCUT2D eigenvalue weighted by atomic mass is 10.2. The van der Waals surface area contributed by atoms with Crippen LogP contribution in [0.15, 0.2) is 41.5 Å². The Balaban J connectivity index is 1.98. The molecule has 0 amide bonds. The molecule has 2 rings (SSSR count). The number of benzene rings is 1. The summed E-state index contributed by atoms with van der Waals surface area (Å²) in [4.78, 5) is 0. The first-order valence-corrected chi connectivity index (χ1v) is 5.45. The molecule has 1 unspecified atom stereocenters. The summed E-state index contributed by atoms with van der Waals surface area (Å²) in [6, 6.07) is 10.7. The van der Waals surface area contributed by atoms with Gasteiger partial charge in [-0.05, 0) is 24.0 Å². The van der Waals surface area contributed by atoms with E-state index in [1.807, 2.05) is 0 Å². The maximum absolute atomic E-state index is 2.39. The molecule has 0 aliphatic carbocycles. The van der Waals surface area contributed by atoms with Gasteiger partial charge in [0.05, 0.1) is 0 Å². The van der Waals surface area contributed by atoms with Gasteiger partial charge in [-0.15, -0.1) is 0 Å². The first kappa shape index (κ1) is 7.06. The minimum Gasteiger partial charge on any atom is -0.0622 e. The summed E-state index contributed by atoms with van der Waals surface area (Å²) < 4.78 is 0. The topological polar surface area (TPSA) is 0 Å². The molecule has 0 saturated carbocycles. The first-order chi connectivity index (χ1) is 5.36. The van der Waals surface area contributed by atoms with E-state index in [1.54, 1.807) is 5.31 Å². The minimum absolute atomic E-state index is 0.204. The highest BCUT2D eigenvalue weighted by Crippen LogP contribution is 2.63. The van der Waals surface area contributed by atoms with Crippen molar-refractivity contribution in [3.63, 3.8) is 0 Å². The van der Waals surface area contributed by atoms with Crippen LogP contribution in [0.3, 0.4) is 0 Å². The van der Waals surface area contributed by atoms with Gasteiger partial charge in [-0.3, -0.25) is 0 Å². The second-order valence-corrected chi connectivity index (χ2v) is 5.10. The van der Waals surface area contributed by atoms with Crippen LogP contribution in [0, 0.1) is 0 Å². The van der Waals surface area contributed by atoms with Crippen LogP contribution in [0.4, 0.5) is 0 Å². The van der Waals surface area contributed by atoms with Crippen LogP contribution in [-0.4, -0.2) is 0 Å². The second kappa shape index (κ2) is 2.79. The molecule has 0 nitrogen and oxygen atoms in total. The van der Waals surface area contributed by atoms with Crippen LogP contribution in [0.1, 0.15) is 12.5 Å². The Hall–Kier alpha value is -0.610. The molecule has 0 radical (unpaired) electrons. The fraction of sp³-hybridized carbons (Fsp3) is 0.200. The minimum atomic E-state index is 0.204. The number of rotatable bonds is 2. The summed E-state index contributed by atoms with van der Waals surface area (Å²) >= 11 is 0. The maximum atomic E-state index is 2.39. The Morgan fingerprint density at radius 1 is 1.18 bits per heavy atom. The van der Waals surface area contributed by atoms with Gasteiger partial charge in [0.2, 0.25) is 0 Å². The van der Waals surface area contributed by atoms with Crippen LogP contribution in [0.5, 0.6) is 0 Å². The molecule has 0 fully saturated rings. The molecule has 1 aliphatic heterocycles. The predicted molar refractivity (Wildman–Crippen MR) is 50.8 cm³/mol. The van der Waals surface area contributed by atoms with Crippen molar-refractivity contribution in [2.24, 2.45) is 0 Å². The van der Waals surface area contributed by atoms with Crippen molar-refractivity contribution >= 4 is 7.92 Å². The fourth-order valence-electron chi connectivity index (χ4n) is 1.15. The van der Waals surface area contributed by atoms with Crippen molar-refractivity contribution in [3.05, 3.63) is 47.0 Å². The average molecular weight is 162 g/mol. The zero-order valence-electron chi connectivity index (χ0n) is 6.62. The van der Waals surface area contributed by atoms with Crippen molar-refractivity contribution in [3.8, 4) is 0 Å². The molecule has 0 spiro atoms. The molecule has 1 atom stereocenters. The molecule has 1 aromatic rings. The molecule has 0 N–H and O–H groups in total. The third-order valence-corrected chi connectivity index (χ3v) is 4.09. The Labute approximate surface area is 68.7 Å². The van der Waals surface area contributed by atoms with E-state index >= 15 is 0 Å². The molecule has 1 aliphatic rings. The van der Waals surface area contributed by atoms with Crippen LogP contribution in [-0.2, 0) is 6.16 Å². The normalized spacial score (nSPS) is 21.2. The first-order valence-electron chi connectivity index (χ1n) is 3.85. The van der Waals surface area contributed by atoms with E-state index in [4.69, 9.17) is 0 Å². The van der Waals surface area contributed by atoms with Gasteiger partial charge < -0.3 is 0 Å². The highest BCUT2D eigenvalue weighted by atomic mass is 31.1. The molecule has 11 heavy (non-hydrogen) atoms. The molecule has 56 valence electrons. The zero-order valence-corrected chi connectivity index (χ0v) is 7.51. The summed E-state index contributed by atoms with van der Waals surface area (Å²) in [5.74, 6) is 2.39. The second-order valence-electron chi connectivity index (χ2n) is 2.88. The molecular weight excluding hydrogens is 151 g/mol. The van der Waals surface area contributed by atoms with Gasteiger partial charge in [0.1, 0.15) is 0 Å². The number of allylic oxidation sites excluding steroid dienone is 1. The van der Waals surface area contributed by atoms with Gasteiger partial charge in [0.15, 0.2) is 0 Å². The van der Waals surface area contributed by atoms with Crippen LogP contribution in [0.25, 0.3) is 0 Å². The van der Waals surface area contributed by atoms with Gasteiger partial charge >= 0.3 is 0 Å². The molecule has 1 aromatic carbocycles. The van der Waals surface area contributed by atoms with Crippen molar-refractivity contribution < 1.29 is 0 Å². The Morgan fingerprint density at radius 3 is 2.36 bits per heavy atom. The van der Waals surface area contributed by atoms with Gasteiger partial charge in [0, 0.05) is 0 Å². The lowest BCUT2D eigenvalue weighted by molar-refractivity contribution is 1.41. The van der Waals surface area contributed by atoms with Crippen molar-refractivity contribution in [2.75, 3.05) is 0 Å². The van der Waals surface area contributed by atoms with Gasteiger partial charge in [-0.2, -0.15) is 0 Å². The van der Waals surface area contributed by atoms with E-state index < -0.39 is 0 Å². The summed E-state index contributed by atoms with van der Waals surface area (Å²) in [7, 11) is 0.204. The Morgan fingerprint density at radius 2 is 1.82 bits per heavy atom. The van der Waals surface area contributed by atoms with Crippen LogP contribution < -0.4 is 0 Å². The van der Waals surface area contributed by atoms with Gasteiger partial charge in [-0.1, -0.05) is 44.1 Å². The lowest BCUT2D eigenvalue weighted by Crippen LogP contribution is -1.75. The molecule has 1 heteroatoms. The van der Waals surface area contributed by atoms with E-state index in [2.05, 4.69) is 43.1 Å². The summed E-state index contributed by atoms with van der Waals surface area (Å²) in [6.45, 7) is 2.23. The summed E-state index contributed by atoms with van der Waals surface area (Å²) in [6.07, 6.45) is 1.27. The predicted octanol–water partition coefficient (Wildman–Crippen LogP) is 3.54. The molecule has 0 saturated heterocycles. The zero-order chi connectivity index (χ0) is 7.68. The van der Waals surface area contributed by atoms with Gasteiger partial charge in [-0.25, -0.2) is 0 Å². The quantitative estimate of drug-likeness (QED) is 0.583. The number of hydrogen-bond donors (Lipinski definition) is 0. The largest absolute Gasteiger partial charge is 0.0622 e. The standard InChI is InChI=1S/C10H11P/c1-9-7-11(9)8-10-5-3-2-4-6-10/h2-7H,8H2,1H3. The lowest BCUT2D eigenvalue weighted by Gasteiger charge is -1.98. The van der Waals surface area contributed by atoms with Crippen LogP contribution in [0.2, 0.25) is 0 Å². The smallest absolute Gasteiger partial charge is 0.000107 e. The molecule has 0 bridgehead atoms. The molecule has 0 aromatic heterocycles. The summed E-state index contributed by atoms with van der Waals surface area (Å²) in [5, 5.41) is 1.61. The van der Waals surface area contributed by atoms with Crippen molar-refractivity contribution in [1.82, 2.24) is 0 Å². The van der Waals surface area contributed by atoms with E-state index in [0.717, 1.165) is 0 Å². The van der Waals surface area contributed by atoms with Gasteiger partial charge in [0.25, 0.3) is 0 Å². The third kappa shape index (κ3) is 1.70. The Kier molecular flexibility index (Phi) is 1.79. The Bertz CT molecular complexity index is 274. The van der Waals surface area contributed by atoms with E-state index in [0.29, 0.717) is 0 Å². The fourth-order valence-corrected chi connectivity index (χ4v) is 2.73.